The van der Waals surface area contributed by atoms with Gasteiger partial charge in [0.15, 0.2) is 5.69 Å². The molecule has 146 valence electrons. The highest BCUT2D eigenvalue weighted by molar-refractivity contribution is 5.92. The zero-order valence-electron chi connectivity index (χ0n) is 15.1. The van der Waals surface area contributed by atoms with Crippen molar-refractivity contribution >= 4 is 18.3 Å². The number of hydrogen-bond acceptors (Lipinski definition) is 5. The van der Waals surface area contributed by atoms with Gasteiger partial charge >= 0.3 is 0 Å². The van der Waals surface area contributed by atoms with Gasteiger partial charge in [0.2, 0.25) is 0 Å². The van der Waals surface area contributed by atoms with Gasteiger partial charge in [-0.25, -0.2) is 9.07 Å². The zero-order valence-corrected chi connectivity index (χ0v) is 15.9. The second-order valence-electron chi connectivity index (χ2n) is 6.91. The van der Waals surface area contributed by atoms with Gasteiger partial charge in [-0.2, -0.15) is 0 Å². The number of hydrogen-bond donors (Lipinski definition) is 1. The molecule has 7 nitrogen and oxygen atoms in total. The lowest BCUT2D eigenvalue weighted by Gasteiger charge is -2.32. The fourth-order valence-corrected chi connectivity index (χ4v) is 3.73. The molecule has 1 unspecified atom stereocenters. The quantitative estimate of drug-likeness (QED) is 0.838. The molecule has 1 N–H and O–H groups in total. The van der Waals surface area contributed by atoms with Crippen molar-refractivity contribution in [3.63, 3.8) is 0 Å². The number of likely N-dealkylation sites (tertiary alicyclic amines) is 1. The van der Waals surface area contributed by atoms with Crippen molar-refractivity contribution in [1.29, 1.82) is 0 Å². The lowest BCUT2D eigenvalue weighted by molar-refractivity contribution is 0.0767. The second kappa shape index (κ2) is 8.77. The van der Waals surface area contributed by atoms with Crippen molar-refractivity contribution in [2.75, 3.05) is 39.3 Å². The molecule has 1 aromatic heterocycles. The van der Waals surface area contributed by atoms with Crippen molar-refractivity contribution in [2.45, 2.75) is 19.0 Å². The number of amides is 1. The zero-order chi connectivity index (χ0) is 17.9. The number of piperazine rings is 1. The van der Waals surface area contributed by atoms with Crippen LogP contribution in [0.4, 0.5) is 4.39 Å². The van der Waals surface area contributed by atoms with Gasteiger partial charge < -0.3 is 10.2 Å². The van der Waals surface area contributed by atoms with E-state index in [0.29, 0.717) is 18.3 Å². The number of benzene rings is 1. The van der Waals surface area contributed by atoms with E-state index >= 15 is 0 Å². The predicted octanol–water partition coefficient (Wildman–Crippen LogP) is 1.01. The van der Waals surface area contributed by atoms with Crippen LogP contribution < -0.4 is 5.32 Å². The van der Waals surface area contributed by atoms with Crippen LogP contribution in [-0.2, 0) is 6.54 Å². The van der Waals surface area contributed by atoms with Gasteiger partial charge in [-0.1, -0.05) is 17.3 Å². The topological polar surface area (TPSA) is 66.3 Å². The maximum Gasteiger partial charge on any atom is 0.276 e. The summed E-state index contributed by atoms with van der Waals surface area (Å²) in [5.74, 6) is -0.358. The molecular formula is C18H24ClFN6O. The Balaban J connectivity index is 0.00000210. The molecule has 2 aliphatic rings. The van der Waals surface area contributed by atoms with E-state index < -0.39 is 0 Å². The summed E-state index contributed by atoms with van der Waals surface area (Å²) in [4.78, 5) is 17.0. The van der Waals surface area contributed by atoms with E-state index in [4.69, 9.17) is 0 Å². The normalized spacial score (nSPS) is 20.5. The summed E-state index contributed by atoms with van der Waals surface area (Å²) in [6.07, 6.45) is 2.65. The smallest absolute Gasteiger partial charge is 0.276 e. The Morgan fingerprint density at radius 3 is 2.85 bits per heavy atom. The Morgan fingerprint density at radius 1 is 1.26 bits per heavy atom. The minimum atomic E-state index is -0.282. The molecule has 4 rings (SSSR count). The molecule has 3 heterocycles. The summed E-state index contributed by atoms with van der Waals surface area (Å²) in [6.45, 7) is 5.99. The van der Waals surface area contributed by atoms with Gasteiger partial charge in [0.05, 0.1) is 12.7 Å². The van der Waals surface area contributed by atoms with Crippen LogP contribution >= 0.6 is 12.4 Å². The summed E-state index contributed by atoms with van der Waals surface area (Å²) in [7, 11) is 0. The Morgan fingerprint density at radius 2 is 2.07 bits per heavy atom. The molecule has 0 aliphatic carbocycles. The Kier molecular flexibility index (Phi) is 6.41. The third-order valence-electron chi connectivity index (χ3n) is 5.11. The number of nitrogens with zero attached hydrogens (tertiary/aromatic N) is 5. The minimum Gasteiger partial charge on any atom is -0.336 e. The number of aromatic nitrogens is 3. The van der Waals surface area contributed by atoms with Crippen LogP contribution in [0.25, 0.3) is 0 Å². The van der Waals surface area contributed by atoms with Gasteiger partial charge in [-0.3, -0.25) is 9.69 Å². The van der Waals surface area contributed by atoms with Crippen molar-refractivity contribution in [2.24, 2.45) is 0 Å². The Bertz CT molecular complexity index is 779. The van der Waals surface area contributed by atoms with Gasteiger partial charge in [-0.15, -0.1) is 17.5 Å². The van der Waals surface area contributed by atoms with Crippen LogP contribution in [0.3, 0.4) is 0 Å². The van der Waals surface area contributed by atoms with E-state index in [0.717, 1.165) is 51.3 Å². The van der Waals surface area contributed by atoms with E-state index in [1.165, 1.54) is 12.1 Å². The van der Waals surface area contributed by atoms with Crippen molar-refractivity contribution in [1.82, 2.24) is 30.1 Å². The molecule has 2 aliphatic heterocycles. The molecule has 2 aromatic rings. The van der Waals surface area contributed by atoms with Gasteiger partial charge in [0.1, 0.15) is 5.82 Å². The average Bonchev–Trinajstić information content (AvgIpc) is 3.32. The van der Waals surface area contributed by atoms with Crippen LogP contribution in [0.1, 0.15) is 22.5 Å². The van der Waals surface area contributed by atoms with E-state index in [-0.39, 0.29) is 24.1 Å². The molecule has 0 radical (unpaired) electrons. The van der Waals surface area contributed by atoms with E-state index in [9.17, 15) is 9.18 Å². The minimum absolute atomic E-state index is 0. The third-order valence-corrected chi connectivity index (χ3v) is 5.11. The maximum absolute atomic E-state index is 13.3. The first-order valence-electron chi connectivity index (χ1n) is 9.08. The van der Waals surface area contributed by atoms with Crippen LogP contribution in [-0.4, -0.2) is 76.0 Å². The first-order valence-corrected chi connectivity index (χ1v) is 9.08. The maximum atomic E-state index is 13.3. The summed E-state index contributed by atoms with van der Waals surface area (Å²) >= 11 is 0. The monoisotopic (exact) mass is 394 g/mol. The molecule has 1 atom stereocenters. The van der Waals surface area contributed by atoms with Crippen molar-refractivity contribution in [3.05, 3.63) is 47.5 Å². The van der Waals surface area contributed by atoms with E-state index in [1.54, 1.807) is 16.9 Å². The molecule has 0 saturated carbocycles. The first kappa shape index (κ1) is 19.7. The highest BCUT2D eigenvalue weighted by Gasteiger charge is 2.32. The fourth-order valence-electron chi connectivity index (χ4n) is 3.73. The molecule has 0 spiro atoms. The van der Waals surface area contributed by atoms with E-state index in [1.807, 2.05) is 11.0 Å². The number of halogens is 2. The fraction of sp³-hybridized carbons (Fsp3) is 0.500. The van der Waals surface area contributed by atoms with Crippen LogP contribution in [0.15, 0.2) is 30.5 Å². The van der Waals surface area contributed by atoms with E-state index in [2.05, 4.69) is 20.5 Å². The summed E-state index contributed by atoms with van der Waals surface area (Å²) in [5.41, 5.74) is 1.14. The highest BCUT2D eigenvalue weighted by atomic mass is 35.5. The van der Waals surface area contributed by atoms with Crippen LogP contribution in [0, 0.1) is 5.82 Å². The average molecular weight is 395 g/mol. The van der Waals surface area contributed by atoms with Gasteiger partial charge in [0.25, 0.3) is 5.91 Å². The molecule has 0 bridgehead atoms. The van der Waals surface area contributed by atoms with Gasteiger partial charge in [0, 0.05) is 45.3 Å². The van der Waals surface area contributed by atoms with Crippen LogP contribution in [0.5, 0.6) is 0 Å². The molecular weight excluding hydrogens is 371 g/mol. The number of rotatable bonds is 4. The number of nitrogens with one attached hydrogen (secondary N) is 1. The molecule has 2 saturated heterocycles. The third kappa shape index (κ3) is 4.63. The van der Waals surface area contributed by atoms with Crippen LogP contribution in [0.2, 0.25) is 0 Å². The lowest BCUT2D eigenvalue weighted by atomic mass is 10.2. The molecule has 27 heavy (non-hydrogen) atoms. The Labute approximate surface area is 163 Å². The second-order valence-corrected chi connectivity index (χ2v) is 6.91. The largest absolute Gasteiger partial charge is 0.336 e. The summed E-state index contributed by atoms with van der Waals surface area (Å²) in [5, 5.41) is 11.4. The number of carbonyl (C=O) groups excluding carboxylic acids is 1. The molecule has 1 amide bonds. The standard InChI is InChI=1S/C18H23FN6O.ClH/c19-15-3-1-2-14(10-15)11-25-13-17(21-22-25)18(26)24-7-4-16(12-24)23-8-5-20-6-9-23;/h1-3,10,13,16,20H,4-9,11-12H2;1H. The SMILES string of the molecule is Cl.O=C(c1cn(Cc2cccc(F)c2)nn1)N1CCC(N2CCNCC2)C1. The van der Waals surface area contributed by atoms with Crippen molar-refractivity contribution < 1.29 is 9.18 Å². The molecule has 2 fully saturated rings. The predicted molar refractivity (Wildman–Crippen MR) is 102 cm³/mol. The Hall–Kier alpha value is -2.03. The number of carbonyl (C=O) groups is 1. The molecule has 9 heteroatoms. The summed E-state index contributed by atoms with van der Waals surface area (Å²) in [6, 6.07) is 6.78. The highest BCUT2D eigenvalue weighted by Crippen LogP contribution is 2.18. The summed E-state index contributed by atoms with van der Waals surface area (Å²) < 4.78 is 14.9. The molecule has 1 aromatic carbocycles. The van der Waals surface area contributed by atoms with Crippen molar-refractivity contribution in [3.8, 4) is 0 Å². The first-order chi connectivity index (χ1) is 12.7. The van der Waals surface area contributed by atoms with Gasteiger partial charge in [-0.05, 0) is 24.1 Å². The lowest BCUT2D eigenvalue weighted by Crippen LogP contribution is -2.49.